The zero-order valence-corrected chi connectivity index (χ0v) is 22.2. The first-order valence-electron chi connectivity index (χ1n) is 12.8. The van der Waals surface area contributed by atoms with Crippen LogP contribution in [0.5, 0.6) is 17.4 Å². The van der Waals surface area contributed by atoms with Gasteiger partial charge in [-0.25, -0.2) is 9.78 Å². The Morgan fingerprint density at radius 1 is 0.947 bits per heavy atom. The monoisotopic (exact) mass is 511 g/mol. The van der Waals surface area contributed by atoms with E-state index in [9.17, 15) is 4.79 Å². The van der Waals surface area contributed by atoms with Crippen LogP contribution in [0.4, 0.5) is 22.1 Å². The Balaban J connectivity index is 1.35. The first kappa shape index (κ1) is 25.3. The summed E-state index contributed by atoms with van der Waals surface area (Å²) in [4.78, 5) is 21.8. The van der Waals surface area contributed by atoms with Crippen LogP contribution in [-0.4, -0.2) is 29.7 Å². The van der Waals surface area contributed by atoms with Gasteiger partial charge >= 0.3 is 6.03 Å². The molecule has 3 N–H and O–H groups in total. The predicted molar refractivity (Wildman–Crippen MR) is 152 cm³/mol. The van der Waals surface area contributed by atoms with E-state index in [-0.39, 0.29) is 11.4 Å². The van der Waals surface area contributed by atoms with Crippen molar-refractivity contribution in [1.29, 1.82) is 0 Å². The lowest BCUT2D eigenvalue weighted by atomic mass is 9.87. The van der Waals surface area contributed by atoms with Crippen molar-refractivity contribution in [2.24, 2.45) is 5.92 Å². The molecule has 1 heterocycles. The molecule has 38 heavy (non-hydrogen) atoms. The van der Waals surface area contributed by atoms with E-state index < -0.39 is 0 Å². The van der Waals surface area contributed by atoms with Gasteiger partial charge in [-0.3, -0.25) is 0 Å². The number of methoxy groups -OCH3 is 1. The summed E-state index contributed by atoms with van der Waals surface area (Å²) in [6.07, 6.45) is 4.19. The third-order valence-electron chi connectivity index (χ3n) is 6.54. The van der Waals surface area contributed by atoms with Gasteiger partial charge in [-0.15, -0.1) is 0 Å². The highest BCUT2D eigenvalue weighted by atomic mass is 16.5. The summed E-state index contributed by atoms with van der Waals surface area (Å²) in [5, 5.41) is 10.9. The number of anilines is 3. The largest absolute Gasteiger partial charge is 0.495 e. The number of amides is 2. The summed E-state index contributed by atoms with van der Waals surface area (Å²) in [6, 6.07) is 18.6. The quantitative estimate of drug-likeness (QED) is 0.232. The van der Waals surface area contributed by atoms with Crippen molar-refractivity contribution in [3.63, 3.8) is 0 Å². The molecular weight excluding hydrogens is 478 g/mol. The number of nitrogens with zero attached hydrogens (tertiary/aromatic N) is 2. The molecule has 1 fully saturated rings. The van der Waals surface area contributed by atoms with E-state index >= 15 is 0 Å². The molecule has 0 radical (unpaired) electrons. The van der Waals surface area contributed by atoms with Gasteiger partial charge in [-0.05, 0) is 54.0 Å². The Morgan fingerprint density at radius 2 is 1.68 bits per heavy atom. The van der Waals surface area contributed by atoms with E-state index in [1.54, 1.807) is 19.4 Å². The van der Waals surface area contributed by atoms with Crippen LogP contribution in [0.2, 0.25) is 0 Å². The van der Waals surface area contributed by atoms with Crippen molar-refractivity contribution in [2.75, 3.05) is 29.6 Å². The SMILES string of the molecule is COc1ccc(C(C)(C)C)cc1NC(=O)Nc1ccc(Oc2ccnc(NCC3CC3)n2)c2ccccc12. The number of fused-ring (bicyclic) bond motifs is 1. The Labute approximate surface area is 222 Å². The predicted octanol–water partition coefficient (Wildman–Crippen LogP) is 7.19. The molecule has 1 aliphatic carbocycles. The number of nitrogens with one attached hydrogen (secondary N) is 3. The van der Waals surface area contributed by atoms with Crippen molar-refractivity contribution < 1.29 is 14.3 Å². The molecule has 0 aliphatic heterocycles. The normalized spacial score (nSPS) is 13.2. The Hall–Kier alpha value is -4.33. The molecule has 1 aromatic heterocycles. The molecule has 8 nitrogen and oxygen atoms in total. The molecule has 5 rings (SSSR count). The molecule has 1 aliphatic rings. The smallest absolute Gasteiger partial charge is 0.323 e. The zero-order chi connectivity index (χ0) is 26.7. The molecule has 0 bridgehead atoms. The van der Waals surface area contributed by atoms with Crippen LogP contribution >= 0.6 is 0 Å². The fourth-order valence-electron chi connectivity index (χ4n) is 4.17. The molecule has 8 heteroatoms. The minimum absolute atomic E-state index is 0.0665. The highest BCUT2D eigenvalue weighted by molar-refractivity contribution is 6.08. The van der Waals surface area contributed by atoms with Crippen molar-refractivity contribution in [1.82, 2.24) is 9.97 Å². The van der Waals surface area contributed by atoms with Crippen LogP contribution < -0.4 is 25.4 Å². The van der Waals surface area contributed by atoms with Crippen LogP contribution in [0.3, 0.4) is 0 Å². The molecule has 3 aromatic carbocycles. The van der Waals surface area contributed by atoms with Crippen LogP contribution in [0.25, 0.3) is 10.8 Å². The molecule has 0 unspecified atom stereocenters. The summed E-state index contributed by atoms with van der Waals surface area (Å²) in [6.45, 7) is 7.26. The van der Waals surface area contributed by atoms with E-state index in [1.165, 1.54) is 12.8 Å². The number of hydrogen-bond acceptors (Lipinski definition) is 6. The van der Waals surface area contributed by atoms with Crippen LogP contribution in [0.15, 0.2) is 66.9 Å². The summed E-state index contributed by atoms with van der Waals surface area (Å²) >= 11 is 0. The average Bonchev–Trinajstić information content (AvgIpc) is 3.73. The van der Waals surface area contributed by atoms with Gasteiger partial charge in [-0.1, -0.05) is 51.1 Å². The maximum atomic E-state index is 13.0. The third kappa shape index (κ3) is 5.96. The number of rotatable bonds is 8. The first-order valence-corrected chi connectivity index (χ1v) is 12.8. The average molecular weight is 512 g/mol. The summed E-state index contributed by atoms with van der Waals surface area (Å²) in [7, 11) is 1.59. The summed E-state index contributed by atoms with van der Waals surface area (Å²) in [5.41, 5.74) is 2.29. The molecule has 1 saturated carbocycles. The third-order valence-corrected chi connectivity index (χ3v) is 6.54. The van der Waals surface area contributed by atoms with Gasteiger partial charge in [0.15, 0.2) is 0 Å². The molecular formula is C30H33N5O3. The fraction of sp³-hybridized carbons (Fsp3) is 0.300. The highest BCUT2D eigenvalue weighted by Gasteiger charge is 2.21. The molecule has 196 valence electrons. The molecule has 4 aromatic rings. The zero-order valence-electron chi connectivity index (χ0n) is 22.2. The number of carbonyl (C=O) groups is 1. The number of hydrogen-bond donors (Lipinski definition) is 3. The van der Waals surface area contributed by atoms with Gasteiger partial charge in [0.25, 0.3) is 0 Å². The number of aromatic nitrogens is 2. The van der Waals surface area contributed by atoms with Crippen LogP contribution in [0, 0.1) is 5.92 Å². The first-order chi connectivity index (χ1) is 18.3. The molecule has 0 atom stereocenters. The van der Waals surface area contributed by atoms with E-state index in [0.717, 1.165) is 22.9 Å². The fourth-order valence-corrected chi connectivity index (χ4v) is 4.17. The lowest BCUT2D eigenvalue weighted by Gasteiger charge is -2.21. The van der Waals surface area contributed by atoms with Gasteiger partial charge in [0.1, 0.15) is 11.5 Å². The number of ether oxygens (including phenoxy) is 2. The van der Waals surface area contributed by atoms with Crippen molar-refractivity contribution in [3.8, 4) is 17.4 Å². The lowest BCUT2D eigenvalue weighted by molar-refractivity contribution is 0.262. The number of benzene rings is 3. The van der Waals surface area contributed by atoms with Gasteiger partial charge in [0, 0.05) is 29.6 Å². The van der Waals surface area contributed by atoms with Crippen molar-refractivity contribution in [2.45, 2.75) is 39.0 Å². The Bertz CT molecular complexity index is 1460. The molecule has 2 amide bonds. The lowest BCUT2D eigenvalue weighted by Crippen LogP contribution is -2.21. The second-order valence-electron chi connectivity index (χ2n) is 10.5. The van der Waals surface area contributed by atoms with Crippen molar-refractivity contribution in [3.05, 3.63) is 72.4 Å². The van der Waals surface area contributed by atoms with Crippen LogP contribution in [0.1, 0.15) is 39.2 Å². The topological polar surface area (TPSA) is 97.4 Å². The van der Waals surface area contributed by atoms with Gasteiger partial charge < -0.3 is 25.4 Å². The highest BCUT2D eigenvalue weighted by Crippen LogP contribution is 2.35. The van der Waals surface area contributed by atoms with Gasteiger partial charge in [-0.2, -0.15) is 4.98 Å². The van der Waals surface area contributed by atoms with Crippen molar-refractivity contribution >= 4 is 34.1 Å². The maximum absolute atomic E-state index is 13.0. The molecule has 0 spiro atoms. The molecule has 0 saturated heterocycles. The number of urea groups is 1. The maximum Gasteiger partial charge on any atom is 0.323 e. The second-order valence-corrected chi connectivity index (χ2v) is 10.5. The van der Waals surface area contributed by atoms with Gasteiger partial charge in [0.05, 0.1) is 18.5 Å². The Kier molecular flexibility index (Phi) is 7.05. The van der Waals surface area contributed by atoms with E-state index in [1.807, 2.05) is 54.6 Å². The summed E-state index contributed by atoms with van der Waals surface area (Å²) < 4.78 is 11.6. The minimum atomic E-state index is -0.365. The second kappa shape index (κ2) is 10.6. The van der Waals surface area contributed by atoms with E-state index in [0.29, 0.717) is 40.6 Å². The van der Waals surface area contributed by atoms with E-state index in [4.69, 9.17) is 9.47 Å². The van der Waals surface area contributed by atoms with E-state index in [2.05, 4.69) is 46.7 Å². The minimum Gasteiger partial charge on any atom is -0.495 e. The van der Waals surface area contributed by atoms with Crippen LogP contribution in [-0.2, 0) is 5.41 Å². The summed E-state index contributed by atoms with van der Waals surface area (Å²) in [5.74, 6) is 2.95. The number of carbonyl (C=O) groups excluding carboxylic acids is 1. The Morgan fingerprint density at radius 3 is 2.42 bits per heavy atom. The van der Waals surface area contributed by atoms with Gasteiger partial charge in [0.2, 0.25) is 11.8 Å². The standard InChI is InChI=1S/C30H33N5O3/c1-30(2,3)20-11-13-26(37-4)24(17-20)34-29(36)33-23-12-14-25(22-8-6-5-7-21(22)23)38-27-15-16-31-28(35-27)32-18-19-9-10-19/h5-8,11-17,19H,9-10,18H2,1-4H3,(H,31,32,35)(H2,33,34,36).